The van der Waals surface area contributed by atoms with E-state index in [0.717, 1.165) is 58.8 Å². The van der Waals surface area contributed by atoms with Crippen LogP contribution in [0.15, 0.2) is 41.1 Å². The third kappa shape index (κ3) is 3.92. The van der Waals surface area contributed by atoms with Gasteiger partial charge in [0, 0.05) is 24.3 Å². The highest BCUT2D eigenvalue weighted by Gasteiger charge is 2.49. The Labute approximate surface area is 201 Å². The van der Waals surface area contributed by atoms with E-state index < -0.39 is 5.60 Å². The molecule has 1 aromatic carbocycles. The fourth-order valence-electron chi connectivity index (χ4n) is 4.95. The van der Waals surface area contributed by atoms with Crippen LogP contribution in [0.3, 0.4) is 0 Å². The third-order valence-corrected chi connectivity index (χ3v) is 7.36. The lowest BCUT2D eigenvalue weighted by molar-refractivity contribution is 0.0478. The molecular weight excluding hydrogens is 484 g/mol. The third-order valence-electron chi connectivity index (χ3n) is 6.45. The van der Waals surface area contributed by atoms with Crippen LogP contribution in [0, 0.1) is 6.92 Å². The number of fused-ring (bicyclic) bond motifs is 2. The zero-order valence-electron chi connectivity index (χ0n) is 19.4. The average Bonchev–Trinajstić information content (AvgIpc) is 3.35. The smallest absolute Gasteiger partial charge is 0.408 e. The highest BCUT2D eigenvalue weighted by molar-refractivity contribution is 9.10. The molecule has 0 saturated carbocycles. The number of aromatic nitrogens is 3. The molecule has 2 aliphatic heterocycles. The van der Waals surface area contributed by atoms with E-state index >= 15 is 0 Å². The Bertz CT molecular complexity index is 1210. The van der Waals surface area contributed by atoms with Crippen molar-refractivity contribution in [3.05, 3.63) is 52.4 Å². The van der Waals surface area contributed by atoms with Gasteiger partial charge in [0.1, 0.15) is 15.7 Å². The summed E-state index contributed by atoms with van der Waals surface area (Å²) in [6, 6.07) is 10.0. The molecule has 2 aliphatic rings. The number of piperidine rings is 1. The van der Waals surface area contributed by atoms with Crippen LogP contribution in [0.5, 0.6) is 0 Å². The summed E-state index contributed by atoms with van der Waals surface area (Å²) in [6.45, 7) is 9.24. The second-order valence-electron chi connectivity index (χ2n) is 9.87. The lowest BCUT2D eigenvalue weighted by Gasteiger charge is -2.44. The first-order valence-corrected chi connectivity index (χ1v) is 12.1. The Morgan fingerprint density at radius 1 is 1.24 bits per heavy atom. The van der Waals surface area contributed by atoms with Gasteiger partial charge in [0.25, 0.3) is 0 Å². The van der Waals surface area contributed by atoms with Crippen molar-refractivity contribution < 1.29 is 9.53 Å². The molecule has 174 valence electrons. The summed E-state index contributed by atoms with van der Waals surface area (Å²) in [5, 5.41) is 11.4. The standard InChI is InChI=1S/C24H29BrN6O2/c1-15-20(25)31-18(9-12-26-31)21(27-15)30-13-10-24(11-14-30)19(28-22(32)33-23(2,3)4)16-7-5-6-8-17(16)29-24/h5-9,12,19,29H,10-11,13-14H2,1-4H3,(H,28,32)/t19-/m1/s1. The predicted molar refractivity (Wildman–Crippen MR) is 132 cm³/mol. The van der Waals surface area contributed by atoms with Gasteiger partial charge in [-0.3, -0.25) is 0 Å². The van der Waals surface area contributed by atoms with Crippen molar-refractivity contribution in [3.8, 4) is 0 Å². The molecule has 1 spiro atoms. The summed E-state index contributed by atoms with van der Waals surface area (Å²) in [7, 11) is 0. The van der Waals surface area contributed by atoms with Gasteiger partial charge in [-0.15, -0.1) is 0 Å². The van der Waals surface area contributed by atoms with Crippen LogP contribution in [0.1, 0.15) is 50.9 Å². The molecule has 4 heterocycles. The van der Waals surface area contributed by atoms with E-state index in [1.165, 1.54) is 0 Å². The van der Waals surface area contributed by atoms with Crippen LogP contribution >= 0.6 is 15.9 Å². The fourth-order valence-corrected chi connectivity index (χ4v) is 5.32. The Balaban J connectivity index is 1.41. The van der Waals surface area contributed by atoms with Crippen molar-refractivity contribution in [1.82, 2.24) is 19.9 Å². The van der Waals surface area contributed by atoms with Gasteiger partial charge in [-0.1, -0.05) is 18.2 Å². The van der Waals surface area contributed by atoms with Gasteiger partial charge in [0.2, 0.25) is 0 Å². The number of anilines is 2. The average molecular weight is 513 g/mol. The van der Waals surface area contributed by atoms with Crippen LogP contribution in [0.25, 0.3) is 5.52 Å². The number of nitrogens with zero attached hydrogens (tertiary/aromatic N) is 4. The largest absolute Gasteiger partial charge is 0.444 e. The van der Waals surface area contributed by atoms with Gasteiger partial charge in [-0.05, 0) is 68.6 Å². The fraction of sp³-hybridized carbons (Fsp3) is 0.458. The van der Waals surface area contributed by atoms with Crippen molar-refractivity contribution in [2.24, 2.45) is 0 Å². The number of hydrogen-bond acceptors (Lipinski definition) is 6. The number of alkyl carbamates (subject to hydrolysis) is 1. The monoisotopic (exact) mass is 512 g/mol. The maximum absolute atomic E-state index is 12.7. The van der Waals surface area contributed by atoms with Crippen LogP contribution in [-0.4, -0.2) is 44.9 Å². The second-order valence-corrected chi connectivity index (χ2v) is 10.6. The second kappa shape index (κ2) is 7.90. The van der Waals surface area contributed by atoms with Gasteiger partial charge in [0.05, 0.1) is 23.5 Å². The number of hydrogen-bond donors (Lipinski definition) is 2. The molecule has 33 heavy (non-hydrogen) atoms. The van der Waals surface area contributed by atoms with E-state index in [4.69, 9.17) is 9.72 Å². The molecule has 3 aromatic rings. The number of ether oxygens (including phenoxy) is 1. The molecule has 2 N–H and O–H groups in total. The summed E-state index contributed by atoms with van der Waals surface area (Å²) in [4.78, 5) is 19.9. The summed E-state index contributed by atoms with van der Waals surface area (Å²) in [6.07, 6.45) is 3.10. The number of aryl methyl sites for hydroxylation is 1. The highest BCUT2D eigenvalue weighted by Crippen LogP contribution is 2.47. The summed E-state index contributed by atoms with van der Waals surface area (Å²) < 4.78 is 8.35. The number of carbonyl (C=O) groups excluding carboxylic acids is 1. The van der Waals surface area contributed by atoms with Crippen molar-refractivity contribution in [2.75, 3.05) is 23.3 Å². The molecular formula is C24H29BrN6O2. The van der Waals surface area contributed by atoms with E-state index in [0.29, 0.717) is 0 Å². The Hall–Kier alpha value is -2.81. The first kappa shape index (κ1) is 22.0. The number of halogens is 1. The number of para-hydroxylation sites is 1. The normalized spacial score (nSPS) is 19.4. The lowest BCUT2D eigenvalue weighted by atomic mass is 9.80. The van der Waals surface area contributed by atoms with E-state index in [1.54, 1.807) is 6.20 Å². The molecule has 1 amide bonds. The van der Waals surface area contributed by atoms with Crippen molar-refractivity contribution >= 4 is 39.0 Å². The van der Waals surface area contributed by atoms with E-state index in [9.17, 15) is 4.79 Å². The van der Waals surface area contributed by atoms with Gasteiger partial charge >= 0.3 is 6.09 Å². The number of carbonyl (C=O) groups is 1. The topological polar surface area (TPSA) is 83.8 Å². The lowest BCUT2D eigenvalue weighted by Crippen LogP contribution is -2.55. The quantitative estimate of drug-likeness (QED) is 0.511. The zero-order chi connectivity index (χ0) is 23.4. The molecule has 8 nitrogen and oxygen atoms in total. The predicted octanol–water partition coefficient (Wildman–Crippen LogP) is 4.83. The van der Waals surface area contributed by atoms with E-state index in [-0.39, 0.29) is 17.7 Å². The van der Waals surface area contributed by atoms with Crippen LogP contribution < -0.4 is 15.5 Å². The molecule has 1 atom stereocenters. The number of nitrogens with one attached hydrogen (secondary N) is 2. The molecule has 0 radical (unpaired) electrons. The van der Waals surface area contributed by atoms with Gasteiger partial charge in [0.15, 0.2) is 5.82 Å². The van der Waals surface area contributed by atoms with Crippen molar-refractivity contribution in [3.63, 3.8) is 0 Å². The molecule has 9 heteroatoms. The molecule has 0 unspecified atom stereocenters. The SMILES string of the molecule is Cc1nc(N2CCC3(CC2)Nc2ccccc2[C@H]3NC(=O)OC(C)(C)C)c2ccnn2c1Br. The van der Waals surface area contributed by atoms with E-state index in [2.05, 4.69) is 48.7 Å². The molecule has 0 bridgehead atoms. The zero-order valence-corrected chi connectivity index (χ0v) is 20.9. The first-order chi connectivity index (χ1) is 15.7. The number of benzene rings is 1. The Morgan fingerprint density at radius 3 is 2.70 bits per heavy atom. The van der Waals surface area contributed by atoms with Crippen molar-refractivity contribution in [1.29, 1.82) is 0 Å². The number of rotatable bonds is 2. The van der Waals surface area contributed by atoms with Crippen LogP contribution in [0.2, 0.25) is 0 Å². The molecule has 0 aliphatic carbocycles. The molecule has 5 rings (SSSR count). The molecule has 1 fully saturated rings. The van der Waals surface area contributed by atoms with Crippen molar-refractivity contribution in [2.45, 2.75) is 57.7 Å². The minimum atomic E-state index is -0.548. The maximum atomic E-state index is 12.7. The van der Waals surface area contributed by atoms with Gasteiger partial charge < -0.3 is 20.3 Å². The van der Waals surface area contributed by atoms with Gasteiger partial charge in [-0.2, -0.15) is 5.10 Å². The minimum absolute atomic E-state index is 0.166. The summed E-state index contributed by atoms with van der Waals surface area (Å²) in [5.74, 6) is 0.940. The Morgan fingerprint density at radius 2 is 1.97 bits per heavy atom. The van der Waals surface area contributed by atoms with E-state index in [1.807, 2.05) is 50.4 Å². The minimum Gasteiger partial charge on any atom is -0.444 e. The molecule has 1 saturated heterocycles. The Kier molecular flexibility index (Phi) is 5.27. The van der Waals surface area contributed by atoms with Gasteiger partial charge in [-0.25, -0.2) is 14.3 Å². The summed E-state index contributed by atoms with van der Waals surface area (Å²) >= 11 is 3.59. The highest BCUT2D eigenvalue weighted by atomic mass is 79.9. The number of amides is 1. The first-order valence-electron chi connectivity index (χ1n) is 11.3. The molecule has 2 aromatic heterocycles. The van der Waals surface area contributed by atoms with Crippen LogP contribution in [0.4, 0.5) is 16.3 Å². The summed E-state index contributed by atoms with van der Waals surface area (Å²) in [5.41, 5.74) is 3.23. The van der Waals surface area contributed by atoms with Crippen LogP contribution in [-0.2, 0) is 4.74 Å². The maximum Gasteiger partial charge on any atom is 0.408 e.